The zero-order valence-corrected chi connectivity index (χ0v) is 13.3. The molecule has 5 heteroatoms. The van der Waals surface area contributed by atoms with Gasteiger partial charge in [0, 0.05) is 17.1 Å². The lowest BCUT2D eigenvalue weighted by atomic mass is 10.3. The van der Waals surface area contributed by atoms with Crippen molar-refractivity contribution in [2.45, 2.75) is 26.3 Å². The molecule has 2 rings (SSSR count). The number of carbonyl (C=O) groups excluding carboxylic acids is 1. The van der Waals surface area contributed by atoms with Crippen molar-refractivity contribution in [1.82, 2.24) is 10.3 Å². The highest BCUT2D eigenvalue weighted by Crippen LogP contribution is 2.15. The zero-order valence-electron chi connectivity index (χ0n) is 12.5. The smallest absolute Gasteiger partial charge is 0.220 e. The molecule has 1 amide bonds. The van der Waals surface area contributed by atoms with Crippen LogP contribution in [0, 0.1) is 6.92 Å². The number of halogens is 1. The van der Waals surface area contributed by atoms with E-state index in [0.29, 0.717) is 31.0 Å². The van der Waals surface area contributed by atoms with E-state index in [4.69, 9.17) is 16.3 Å². The molecule has 22 heavy (non-hydrogen) atoms. The Morgan fingerprint density at radius 1 is 1.23 bits per heavy atom. The Morgan fingerprint density at radius 3 is 2.73 bits per heavy atom. The van der Waals surface area contributed by atoms with Gasteiger partial charge in [-0.05, 0) is 49.7 Å². The van der Waals surface area contributed by atoms with Gasteiger partial charge in [0.2, 0.25) is 5.91 Å². The van der Waals surface area contributed by atoms with Gasteiger partial charge in [0.15, 0.2) is 0 Å². The Bertz CT molecular complexity index is 614. The number of ether oxygens (including phenoxy) is 1. The predicted octanol–water partition coefficient (Wildman–Crippen LogP) is 3.52. The first-order valence-electron chi connectivity index (χ1n) is 7.21. The van der Waals surface area contributed by atoms with Crippen molar-refractivity contribution in [3.05, 3.63) is 58.9 Å². The zero-order chi connectivity index (χ0) is 15.8. The van der Waals surface area contributed by atoms with E-state index in [0.717, 1.165) is 17.1 Å². The quantitative estimate of drug-likeness (QED) is 0.795. The van der Waals surface area contributed by atoms with E-state index in [1.807, 2.05) is 37.3 Å². The minimum atomic E-state index is 0.00279. The molecular formula is C17H19ClN2O2. The normalized spacial score (nSPS) is 10.3. The van der Waals surface area contributed by atoms with Crippen molar-refractivity contribution in [2.75, 3.05) is 6.61 Å². The summed E-state index contributed by atoms with van der Waals surface area (Å²) in [6.07, 6.45) is 1.09. The molecule has 0 bridgehead atoms. The van der Waals surface area contributed by atoms with Gasteiger partial charge < -0.3 is 10.1 Å². The molecule has 1 N–H and O–H groups in total. The lowest BCUT2D eigenvalue weighted by molar-refractivity contribution is -0.121. The van der Waals surface area contributed by atoms with Crippen molar-refractivity contribution < 1.29 is 9.53 Å². The van der Waals surface area contributed by atoms with E-state index < -0.39 is 0 Å². The Balaban J connectivity index is 1.62. The highest BCUT2D eigenvalue weighted by molar-refractivity contribution is 6.30. The Morgan fingerprint density at radius 2 is 2.00 bits per heavy atom. The van der Waals surface area contributed by atoms with Gasteiger partial charge in [0.25, 0.3) is 0 Å². The van der Waals surface area contributed by atoms with Gasteiger partial charge in [-0.3, -0.25) is 9.78 Å². The molecule has 0 aliphatic carbocycles. The second kappa shape index (κ2) is 8.39. The van der Waals surface area contributed by atoms with Gasteiger partial charge in [-0.2, -0.15) is 0 Å². The molecule has 0 aliphatic heterocycles. The SMILES string of the molecule is Cc1cccc(CNC(=O)CCCOc2ccc(Cl)cc2)n1. The molecule has 0 saturated carbocycles. The molecule has 2 aromatic rings. The van der Waals surface area contributed by atoms with Crippen LogP contribution in [0.3, 0.4) is 0 Å². The second-order valence-electron chi connectivity index (χ2n) is 4.95. The number of nitrogens with one attached hydrogen (secondary N) is 1. The van der Waals surface area contributed by atoms with Gasteiger partial charge in [-0.15, -0.1) is 0 Å². The molecular weight excluding hydrogens is 300 g/mol. The highest BCUT2D eigenvalue weighted by Gasteiger charge is 2.03. The Labute approximate surface area is 135 Å². The number of nitrogens with zero attached hydrogens (tertiary/aromatic N) is 1. The van der Waals surface area contributed by atoms with Gasteiger partial charge >= 0.3 is 0 Å². The lowest BCUT2D eigenvalue weighted by Gasteiger charge is -2.07. The number of rotatable bonds is 7. The fraction of sp³-hybridized carbons (Fsp3) is 0.294. The van der Waals surface area contributed by atoms with Crippen LogP contribution < -0.4 is 10.1 Å². The lowest BCUT2D eigenvalue weighted by Crippen LogP contribution is -2.23. The van der Waals surface area contributed by atoms with Crippen molar-refractivity contribution in [1.29, 1.82) is 0 Å². The number of hydrogen-bond donors (Lipinski definition) is 1. The van der Waals surface area contributed by atoms with E-state index >= 15 is 0 Å². The van der Waals surface area contributed by atoms with Crippen molar-refractivity contribution in [3.63, 3.8) is 0 Å². The van der Waals surface area contributed by atoms with Gasteiger partial charge in [-0.1, -0.05) is 17.7 Å². The van der Waals surface area contributed by atoms with Crippen LogP contribution in [0.25, 0.3) is 0 Å². The number of hydrogen-bond acceptors (Lipinski definition) is 3. The number of pyridine rings is 1. The fourth-order valence-corrected chi connectivity index (χ4v) is 2.06. The summed E-state index contributed by atoms with van der Waals surface area (Å²) in [5.41, 5.74) is 1.81. The van der Waals surface area contributed by atoms with E-state index in [9.17, 15) is 4.79 Å². The number of aromatic nitrogens is 1. The first-order chi connectivity index (χ1) is 10.6. The van der Waals surface area contributed by atoms with Crippen molar-refractivity contribution in [3.8, 4) is 5.75 Å². The summed E-state index contributed by atoms with van der Waals surface area (Å²) in [7, 11) is 0. The van der Waals surface area contributed by atoms with Crippen LogP contribution in [0.1, 0.15) is 24.2 Å². The number of aryl methyl sites for hydroxylation is 1. The van der Waals surface area contributed by atoms with Crippen molar-refractivity contribution >= 4 is 17.5 Å². The van der Waals surface area contributed by atoms with E-state index in [1.54, 1.807) is 12.1 Å². The van der Waals surface area contributed by atoms with Gasteiger partial charge in [0.1, 0.15) is 5.75 Å². The molecule has 1 aromatic carbocycles. The summed E-state index contributed by atoms with van der Waals surface area (Å²) in [5, 5.41) is 3.54. The van der Waals surface area contributed by atoms with Crippen LogP contribution in [0.4, 0.5) is 0 Å². The second-order valence-corrected chi connectivity index (χ2v) is 5.39. The first kappa shape index (κ1) is 16.3. The van der Waals surface area contributed by atoms with E-state index in [1.165, 1.54) is 0 Å². The standard InChI is InChI=1S/C17H19ClN2O2/c1-13-4-2-5-15(20-13)12-19-17(21)6-3-11-22-16-9-7-14(18)8-10-16/h2,4-5,7-10H,3,6,11-12H2,1H3,(H,19,21). The molecule has 0 saturated heterocycles. The number of amides is 1. The van der Waals surface area contributed by atoms with Gasteiger partial charge in [0.05, 0.1) is 18.8 Å². The third-order valence-corrected chi connectivity index (χ3v) is 3.30. The maximum atomic E-state index is 11.7. The maximum absolute atomic E-state index is 11.7. The van der Waals surface area contributed by atoms with Crippen LogP contribution in [-0.4, -0.2) is 17.5 Å². The van der Waals surface area contributed by atoms with Crippen LogP contribution >= 0.6 is 11.6 Å². The van der Waals surface area contributed by atoms with Crippen LogP contribution in [0.5, 0.6) is 5.75 Å². The number of carbonyl (C=O) groups is 1. The molecule has 4 nitrogen and oxygen atoms in total. The fourth-order valence-electron chi connectivity index (χ4n) is 1.93. The molecule has 0 spiro atoms. The predicted molar refractivity (Wildman–Crippen MR) is 87.0 cm³/mol. The first-order valence-corrected chi connectivity index (χ1v) is 7.59. The maximum Gasteiger partial charge on any atom is 0.220 e. The molecule has 0 unspecified atom stereocenters. The van der Waals surface area contributed by atoms with Crippen LogP contribution in [-0.2, 0) is 11.3 Å². The van der Waals surface area contributed by atoms with E-state index in [2.05, 4.69) is 10.3 Å². The third kappa shape index (κ3) is 5.74. The minimum Gasteiger partial charge on any atom is -0.494 e. The largest absolute Gasteiger partial charge is 0.494 e. The molecule has 116 valence electrons. The van der Waals surface area contributed by atoms with Crippen LogP contribution in [0.2, 0.25) is 5.02 Å². The topological polar surface area (TPSA) is 51.2 Å². The third-order valence-electron chi connectivity index (χ3n) is 3.04. The molecule has 0 aliphatic rings. The molecule has 1 heterocycles. The van der Waals surface area contributed by atoms with Crippen LogP contribution in [0.15, 0.2) is 42.5 Å². The summed E-state index contributed by atoms with van der Waals surface area (Å²) in [4.78, 5) is 16.1. The summed E-state index contributed by atoms with van der Waals surface area (Å²) in [6, 6.07) is 12.9. The molecule has 1 aromatic heterocycles. The van der Waals surface area contributed by atoms with Crippen molar-refractivity contribution in [2.24, 2.45) is 0 Å². The number of benzene rings is 1. The molecule has 0 radical (unpaired) electrons. The highest BCUT2D eigenvalue weighted by atomic mass is 35.5. The monoisotopic (exact) mass is 318 g/mol. The minimum absolute atomic E-state index is 0.00279. The Hall–Kier alpha value is -2.07. The average Bonchev–Trinajstić information content (AvgIpc) is 2.51. The molecule has 0 atom stereocenters. The Kier molecular flexibility index (Phi) is 6.22. The average molecular weight is 319 g/mol. The van der Waals surface area contributed by atoms with Gasteiger partial charge in [-0.25, -0.2) is 0 Å². The summed E-state index contributed by atoms with van der Waals surface area (Å²) in [6.45, 7) is 2.88. The summed E-state index contributed by atoms with van der Waals surface area (Å²) >= 11 is 5.80. The summed E-state index contributed by atoms with van der Waals surface area (Å²) < 4.78 is 5.54. The molecule has 0 fully saturated rings. The summed E-state index contributed by atoms with van der Waals surface area (Å²) in [5.74, 6) is 0.761. The van der Waals surface area contributed by atoms with E-state index in [-0.39, 0.29) is 5.91 Å².